The Morgan fingerprint density at radius 1 is 1.05 bits per heavy atom. The van der Waals surface area contributed by atoms with E-state index < -0.39 is 11.9 Å². The van der Waals surface area contributed by atoms with Crippen LogP contribution in [0.15, 0.2) is 18.2 Å². The molecule has 6 heteroatoms. The fourth-order valence-corrected chi connectivity index (χ4v) is 2.09. The zero-order valence-corrected chi connectivity index (χ0v) is 13.3. The lowest BCUT2D eigenvalue weighted by Crippen LogP contribution is -2.28. The number of nitrogens with one attached hydrogen (secondary N) is 1. The lowest BCUT2D eigenvalue weighted by Gasteiger charge is -2.17. The fourth-order valence-electron chi connectivity index (χ4n) is 2.09. The van der Waals surface area contributed by atoms with Gasteiger partial charge in [-0.2, -0.15) is 0 Å². The maximum atomic E-state index is 12.1. The molecule has 0 aromatic heterocycles. The molecule has 120 valence electrons. The SMILES string of the molecule is CCNC(=O)C(CC)c1ccc(OC(C)=O)c(OC(C)=O)c1. The predicted octanol–water partition coefficient (Wildman–Crippen LogP) is 2.17. The van der Waals surface area contributed by atoms with E-state index in [1.54, 1.807) is 12.1 Å². The topological polar surface area (TPSA) is 81.7 Å². The third-order valence-electron chi connectivity index (χ3n) is 2.95. The second-order valence-corrected chi connectivity index (χ2v) is 4.75. The van der Waals surface area contributed by atoms with Crippen LogP contribution in [-0.2, 0) is 14.4 Å². The van der Waals surface area contributed by atoms with E-state index in [1.165, 1.54) is 19.9 Å². The zero-order valence-electron chi connectivity index (χ0n) is 13.3. The van der Waals surface area contributed by atoms with Crippen molar-refractivity contribution in [2.75, 3.05) is 6.54 Å². The molecule has 0 fully saturated rings. The van der Waals surface area contributed by atoms with Crippen LogP contribution in [0.3, 0.4) is 0 Å². The zero-order chi connectivity index (χ0) is 16.7. The molecule has 1 N–H and O–H groups in total. The van der Waals surface area contributed by atoms with Crippen molar-refractivity contribution >= 4 is 17.8 Å². The minimum Gasteiger partial charge on any atom is -0.423 e. The normalized spacial score (nSPS) is 11.5. The van der Waals surface area contributed by atoms with Crippen molar-refractivity contribution in [2.24, 2.45) is 0 Å². The van der Waals surface area contributed by atoms with Crippen LogP contribution in [0.25, 0.3) is 0 Å². The van der Waals surface area contributed by atoms with E-state index >= 15 is 0 Å². The third kappa shape index (κ3) is 4.87. The highest BCUT2D eigenvalue weighted by molar-refractivity contribution is 5.84. The highest BCUT2D eigenvalue weighted by atomic mass is 16.6. The molecule has 0 aliphatic heterocycles. The standard InChI is InChI=1S/C16H21NO5/c1-5-13(16(20)17-6-2)12-7-8-14(21-10(3)18)15(9-12)22-11(4)19/h7-9,13H,5-6H2,1-4H3,(H,17,20). The Hall–Kier alpha value is -2.37. The van der Waals surface area contributed by atoms with E-state index in [-0.39, 0.29) is 23.3 Å². The number of carbonyl (C=O) groups excluding carboxylic acids is 3. The average molecular weight is 307 g/mol. The van der Waals surface area contributed by atoms with Gasteiger partial charge in [-0.25, -0.2) is 0 Å². The van der Waals surface area contributed by atoms with E-state index in [2.05, 4.69) is 5.32 Å². The molecule has 0 aliphatic rings. The summed E-state index contributed by atoms with van der Waals surface area (Å²) in [6.45, 7) is 6.79. The number of rotatable bonds is 6. The summed E-state index contributed by atoms with van der Waals surface area (Å²) in [5.41, 5.74) is 0.695. The van der Waals surface area contributed by atoms with Crippen LogP contribution in [0.1, 0.15) is 45.6 Å². The number of ether oxygens (including phenoxy) is 2. The van der Waals surface area contributed by atoms with Gasteiger partial charge in [0, 0.05) is 20.4 Å². The summed E-state index contributed by atoms with van der Waals surface area (Å²) in [7, 11) is 0. The van der Waals surface area contributed by atoms with Gasteiger partial charge in [0.15, 0.2) is 11.5 Å². The lowest BCUT2D eigenvalue weighted by atomic mass is 9.95. The highest BCUT2D eigenvalue weighted by Crippen LogP contribution is 2.32. The Kier molecular flexibility index (Phi) is 6.56. The molecule has 1 amide bonds. The van der Waals surface area contributed by atoms with Crippen LogP contribution in [0.4, 0.5) is 0 Å². The van der Waals surface area contributed by atoms with Crippen LogP contribution < -0.4 is 14.8 Å². The number of hydrogen-bond acceptors (Lipinski definition) is 5. The molecule has 0 radical (unpaired) electrons. The van der Waals surface area contributed by atoms with Crippen molar-refractivity contribution < 1.29 is 23.9 Å². The summed E-state index contributed by atoms with van der Waals surface area (Å²) in [6, 6.07) is 4.77. The monoisotopic (exact) mass is 307 g/mol. The van der Waals surface area contributed by atoms with Gasteiger partial charge in [0.25, 0.3) is 0 Å². The lowest BCUT2D eigenvalue weighted by molar-refractivity contribution is -0.134. The number of likely N-dealkylation sites (N-methyl/N-ethyl adjacent to an activating group) is 1. The van der Waals surface area contributed by atoms with E-state index in [4.69, 9.17) is 9.47 Å². The highest BCUT2D eigenvalue weighted by Gasteiger charge is 2.21. The van der Waals surface area contributed by atoms with Gasteiger partial charge in [0.1, 0.15) is 0 Å². The van der Waals surface area contributed by atoms with Crippen molar-refractivity contribution in [3.8, 4) is 11.5 Å². The first-order chi connectivity index (χ1) is 10.4. The van der Waals surface area contributed by atoms with Crippen LogP contribution >= 0.6 is 0 Å². The van der Waals surface area contributed by atoms with Crippen LogP contribution in [0, 0.1) is 0 Å². The van der Waals surface area contributed by atoms with E-state index in [9.17, 15) is 14.4 Å². The minimum atomic E-state index is -0.531. The molecule has 0 saturated carbocycles. The molecule has 0 saturated heterocycles. The summed E-state index contributed by atoms with van der Waals surface area (Å²) < 4.78 is 10.1. The first-order valence-corrected chi connectivity index (χ1v) is 7.17. The molecule has 1 rings (SSSR count). The van der Waals surface area contributed by atoms with Gasteiger partial charge in [0.05, 0.1) is 5.92 Å². The molecule has 0 aliphatic carbocycles. The number of carbonyl (C=O) groups is 3. The fraction of sp³-hybridized carbons (Fsp3) is 0.438. The van der Waals surface area contributed by atoms with Gasteiger partial charge >= 0.3 is 11.9 Å². The maximum absolute atomic E-state index is 12.1. The second-order valence-electron chi connectivity index (χ2n) is 4.75. The van der Waals surface area contributed by atoms with Gasteiger partial charge in [0.2, 0.25) is 5.91 Å². The Labute approximate surface area is 129 Å². The smallest absolute Gasteiger partial charge is 0.308 e. The molecule has 1 aromatic rings. The van der Waals surface area contributed by atoms with Crippen molar-refractivity contribution in [2.45, 2.75) is 40.0 Å². The summed E-state index contributed by atoms with van der Waals surface area (Å²) in [5, 5.41) is 2.77. The Bertz CT molecular complexity index is 568. The molecule has 0 bridgehead atoms. The minimum absolute atomic E-state index is 0.0981. The first kappa shape index (κ1) is 17.7. The number of benzene rings is 1. The Balaban J connectivity index is 3.18. The van der Waals surface area contributed by atoms with E-state index in [0.29, 0.717) is 18.5 Å². The quantitative estimate of drug-likeness (QED) is 0.643. The van der Waals surface area contributed by atoms with Crippen LogP contribution in [-0.4, -0.2) is 24.4 Å². The molecule has 1 unspecified atom stereocenters. The van der Waals surface area contributed by atoms with Gasteiger partial charge in [-0.05, 0) is 31.0 Å². The first-order valence-electron chi connectivity index (χ1n) is 7.17. The van der Waals surface area contributed by atoms with Crippen molar-refractivity contribution in [1.82, 2.24) is 5.32 Å². The number of esters is 2. The van der Waals surface area contributed by atoms with E-state index in [1.807, 2.05) is 13.8 Å². The molecule has 6 nitrogen and oxygen atoms in total. The summed E-state index contributed by atoms with van der Waals surface area (Å²) in [5.74, 6) is -1.23. The van der Waals surface area contributed by atoms with Crippen molar-refractivity contribution in [1.29, 1.82) is 0 Å². The second kappa shape index (κ2) is 8.17. The Morgan fingerprint density at radius 2 is 1.64 bits per heavy atom. The molecular weight excluding hydrogens is 286 g/mol. The predicted molar refractivity (Wildman–Crippen MR) is 80.8 cm³/mol. The van der Waals surface area contributed by atoms with Crippen molar-refractivity contribution in [3.05, 3.63) is 23.8 Å². The summed E-state index contributed by atoms with van der Waals surface area (Å²) >= 11 is 0. The molecule has 0 spiro atoms. The van der Waals surface area contributed by atoms with Gasteiger partial charge < -0.3 is 14.8 Å². The third-order valence-corrected chi connectivity index (χ3v) is 2.95. The average Bonchev–Trinajstić information content (AvgIpc) is 2.41. The molecule has 1 atom stereocenters. The Morgan fingerprint density at radius 3 is 2.14 bits per heavy atom. The number of hydrogen-bond donors (Lipinski definition) is 1. The molecule has 1 aromatic carbocycles. The maximum Gasteiger partial charge on any atom is 0.308 e. The molecule has 22 heavy (non-hydrogen) atoms. The largest absolute Gasteiger partial charge is 0.423 e. The summed E-state index contributed by atoms with van der Waals surface area (Å²) in [4.78, 5) is 34.4. The number of amides is 1. The molecular formula is C16H21NO5. The summed E-state index contributed by atoms with van der Waals surface area (Å²) in [6.07, 6.45) is 0.595. The van der Waals surface area contributed by atoms with Crippen LogP contribution in [0.5, 0.6) is 11.5 Å². The molecule has 0 heterocycles. The van der Waals surface area contributed by atoms with Crippen molar-refractivity contribution in [3.63, 3.8) is 0 Å². The van der Waals surface area contributed by atoms with Gasteiger partial charge in [-0.15, -0.1) is 0 Å². The van der Waals surface area contributed by atoms with E-state index in [0.717, 1.165) is 0 Å². The van der Waals surface area contributed by atoms with Crippen LogP contribution in [0.2, 0.25) is 0 Å². The van der Waals surface area contributed by atoms with Gasteiger partial charge in [-0.1, -0.05) is 13.0 Å². The van der Waals surface area contributed by atoms with Gasteiger partial charge in [-0.3, -0.25) is 14.4 Å².